The topological polar surface area (TPSA) is 40.7 Å². The van der Waals surface area contributed by atoms with Crippen LogP contribution >= 0.6 is 0 Å². The molecule has 96 valence electrons. The van der Waals surface area contributed by atoms with Gasteiger partial charge >= 0.3 is 0 Å². The van der Waals surface area contributed by atoms with Gasteiger partial charge in [-0.2, -0.15) is 0 Å². The number of nitrogens with one attached hydrogen (secondary N) is 2. The molecule has 1 heterocycles. The lowest BCUT2D eigenvalue weighted by Gasteiger charge is -2.24. The Kier molecular flexibility index (Phi) is 3.87. The first-order valence-electron chi connectivity index (χ1n) is 6.86. The van der Waals surface area contributed by atoms with Gasteiger partial charge in [0, 0.05) is 11.7 Å². The number of fused-ring (bicyclic) bond motifs is 1. The van der Waals surface area contributed by atoms with Crippen LogP contribution in [0.15, 0.2) is 0 Å². The molecule has 17 heavy (non-hydrogen) atoms. The SMILES string of the molecule is CC(C)NCc1nc2c([nH]1)CC(C(C)C)CC2. The maximum Gasteiger partial charge on any atom is 0.120 e. The molecule has 0 aromatic carbocycles. The Morgan fingerprint density at radius 3 is 2.76 bits per heavy atom. The summed E-state index contributed by atoms with van der Waals surface area (Å²) >= 11 is 0. The molecule has 0 bridgehead atoms. The van der Waals surface area contributed by atoms with E-state index in [0.717, 1.165) is 30.6 Å². The van der Waals surface area contributed by atoms with Crippen LogP contribution in [-0.2, 0) is 19.4 Å². The Morgan fingerprint density at radius 2 is 2.12 bits per heavy atom. The Balaban J connectivity index is 2.01. The van der Waals surface area contributed by atoms with Crippen LogP contribution in [0.5, 0.6) is 0 Å². The quantitative estimate of drug-likeness (QED) is 0.842. The monoisotopic (exact) mass is 235 g/mol. The lowest BCUT2D eigenvalue weighted by molar-refractivity contribution is 0.338. The molecule has 1 aromatic heterocycles. The summed E-state index contributed by atoms with van der Waals surface area (Å²) in [4.78, 5) is 8.20. The molecule has 1 atom stereocenters. The molecular weight excluding hydrogens is 210 g/mol. The summed E-state index contributed by atoms with van der Waals surface area (Å²) in [6.07, 6.45) is 3.63. The number of aromatic nitrogens is 2. The van der Waals surface area contributed by atoms with Gasteiger partial charge in [-0.1, -0.05) is 27.7 Å². The van der Waals surface area contributed by atoms with Crippen molar-refractivity contribution in [2.24, 2.45) is 11.8 Å². The van der Waals surface area contributed by atoms with Crippen LogP contribution in [0, 0.1) is 11.8 Å². The minimum Gasteiger partial charge on any atom is -0.345 e. The van der Waals surface area contributed by atoms with Crippen molar-refractivity contribution in [3.8, 4) is 0 Å². The van der Waals surface area contributed by atoms with Gasteiger partial charge in [-0.15, -0.1) is 0 Å². The van der Waals surface area contributed by atoms with Gasteiger partial charge in [0.25, 0.3) is 0 Å². The van der Waals surface area contributed by atoms with Crippen molar-refractivity contribution >= 4 is 0 Å². The molecule has 3 nitrogen and oxygen atoms in total. The summed E-state index contributed by atoms with van der Waals surface area (Å²) < 4.78 is 0. The van der Waals surface area contributed by atoms with E-state index >= 15 is 0 Å². The smallest absolute Gasteiger partial charge is 0.120 e. The van der Waals surface area contributed by atoms with Gasteiger partial charge in [0.2, 0.25) is 0 Å². The summed E-state index contributed by atoms with van der Waals surface area (Å²) in [5.41, 5.74) is 2.69. The average molecular weight is 235 g/mol. The van der Waals surface area contributed by atoms with Crippen LogP contribution in [0.25, 0.3) is 0 Å². The van der Waals surface area contributed by atoms with Gasteiger partial charge in [0.15, 0.2) is 0 Å². The number of imidazole rings is 1. The van der Waals surface area contributed by atoms with E-state index in [0.29, 0.717) is 6.04 Å². The Bertz CT molecular complexity index is 366. The second kappa shape index (κ2) is 5.21. The Morgan fingerprint density at radius 1 is 1.35 bits per heavy atom. The van der Waals surface area contributed by atoms with E-state index < -0.39 is 0 Å². The van der Waals surface area contributed by atoms with Crippen molar-refractivity contribution in [2.75, 3.05) is 0 Å². The zero-order chi connectivity index (χ0) is 12.4. The van der Waals surface area contributed by atoms with E-state index in [2.05, 4.69) is 38.0 Å². The number of aromatic amines is 1. The second-order valence-corrected chi connectivity index (χ2v) is 5.89. The van der Waals surface area contributed by atoms with Gasteiger partial charge in [-0.05, 0) is 31.1 Å². The zero-order valence-corrected chi connectivity index (χ0v) is 11.5. The van der Waals surface area contributed by atoms with Crippen molar-refractivity contribution in [1.29, 1.82) is 0 Å². The van der Waals surface area contributed by atoms with Crippen LogP contribution in [0.2, 0.25) is 0 Å². The molecule has 2 rings (SSSR count). The molecule has 0 saturated heterocycles. The highest BCUT2D eigenvalue weighted by Gasteiger charge is 2.23. The third-order valence-electron chi connectivity index (χ3n) is 3.75. The maximum atomic E-state index is 4.70. The van der Waals surface area contributed by atoms with Crippen molar-refractivity contribution in [3.05, 3.63) is 17.2 Å². The number of hydrogen-bond acceptors (Lipinski definition) is 2. The largest absolute Gasteiger partial charge is 0.345 e. The van der Waals surface area contributed by atoms with Crippen molar-refractivity contribution in [3.63, 3.8) is 0 Å². The number of hydrogen-bond donors (Lipinski definition) is 2. The van der Waals surface area contributed by atoms with Crippen LogP contribution in [0.4, 0.5) is 0 Å². The summed E-state index contributed by atoms with van der Waals surface area (Å²) in [6.45, 7) is 9.84. The first-order valence-corrected chi connectivity index (χ1v) is 6.86. The van der Waals surface area contributed by atoms with Gasteiger partial charge in [0.05, 0.1) is 12.2 Å². The Labute approximate surface area is 104 Å². The normalized spacial score (nSPS) is 20.0. The summed E-state index contributed by atoms with van der Waals surface area (Å²) in [6, 6.07) is 0.514. The fraction of sp³-hybridized carbons (Fsp3) is 0.786. The summed E-state index contributed by atoms with van der Waals surface area (Å²) in [5.74, 6) is 2.71. The number of aryl methyl sites for hydroxylation is 1. The summed E-state index contributed by atoms with van der Waals surface area (Å²) in [5, 5.41) is 3.41. The molecule has 1 unspecified atom stereocenters. The Hall–Kier alpha value is -0.830. The van der Waals surface area contributed by atoms with Gasteiger partial charge in [0.1, 0.15) is 5.82 Å². The van der Waals surface area contributed by atoms with Crippen molar-refractivity contribution in [2.45, 2.75) is 59.5 Å². The highest BCUT2D eigenvalue weighted by atomic mass is 15.0. The zero-order valence-electron chi connectivity index (χ0n) is 11.5. The van der Waals surface area contributed by atoms with Gasteiger partial charge in [-0.25, -0.2) is 4.98 Å². The molecule has 0 aliphatic heterocycles. The van der Waals surface area contributed by atoms with E-state index in [9.17, 15) is 0 Å². The third kappa shape index (κ3) is 3.09. The molecule has 1 aliphatic carbocycles. The fourth-order valence-electron chi connectivity index (χ4n) is 2.52. The highest BCUT2D eigenvalue weighted by molar-refractivity contribution is 5.18. The molecule has 0 spiro atoms. The van der Waals surface area contributed by atoms with E-state index in [1.54, 1.807) is 0 Å². The minimum atomic E-state index is 0.514. The molecule has 0 radical (unpaired) electrons. The summed E-state index contributed by atoms with van der Waals surface area (Å²) in [7, 11) is 0. The van der Waals surface area contributed by atoms with Crippen LogP contribution < -0.4 is 5.32 Å². The average Bonchev–Trinajstić information content (AvgIpc) is 2.67. The highest BCUT2D eigenvalue weighted by Crippen LogP contribution is 2.28. The predicted octanol–water partition coefficient (Wildman–Crippen LogP) is 2.67. The number of rotatable bonds is 4. The standard InChI is InChI=1S/C14H25N3/c1-9(2)11-5-6-12-13(7-11)17-14(16-12)8-15-10(3)4/h9-11,15H,5-8H2,1-4H3,(H,16,17). The van der Waals surface area contributed by atoms with Gasteiger partial charge < -0.3 is 10.3 Å². The van der Waals surface area contributed by atoms with Crippen molar-refractivity contribution < 1.29 is 0 Å². The van der Waals surface area contributed by atoms with Crippen LogP contribution in [0.1, 0.15) is 51.3 Å². The predicted molar refractivity (Wildman–Crippen MR) is 70.9 cm³/mol. The number of H-pyrrole nitrogens is 1. The molecule has 1 aliphatic rings. The minimum absolute atomic E-state index is 0.514. The van der Waals surface area contributed by atoms with E-state index in [1.807, 2.05) is 0 Å². The first-order chi connectivity index (χ1) is 8.06. The van der Waals surface area contributed by atoms with Crippen LogP contribution in [-0.4, -0.2) is 16.0 Å². The first kappa shape index (κ1) is 12.6. The third-order valence-corrected chi connectivity index (χ3v) is 3.75. The van der Waals surface area contributed by atoms with Gasteiger partial charge in [-0.3, -0.25) is 0 Å². The van der Waals surface area contributed by atoms with Crippen LogP contribution in [0.3, 0.4) is 0 Å². The number of nitrogens with zero attached hydrogens (tertiary/aromatic N) is 1. The van der Waals surface area contributed by atoms with Crippen molar-refractivity contribution in [1.82, 2.24) is 15.3 Å². The molecule has 2 N–H and O–H groups in total. The molecule has 1 aromatic rings. The lowest BCUT2D eigenvalue weighted by atomic mass is 9.82. The molecule has 0 fully saturated rings. The molecule has 3 heteroatoms. The van der Waals surface area contributed by atoms with E-state index in [-0.39, 0.29) is 0 Å². The second-order valence-electron chi connectivity index (χ2n) is 5.89. The fourth-order valence-corrected chi connectivity index (χ4v) is 2.52. The molecular formula is C14H25N3. The van der Waals surface area contributed by atoms with E-state index in [1.165, 1.54) is 24.2 Å². The molecule has 0 saturated carbocycles. The molecule has 0 amide bonds. The maximum absolute atomic E-state index is 4.70. The lowest BCUT2D eigenvalue weighted by Crippen LogP contribution is -2.22. The van der Waals surface area contributed by atoms with E-state index in [4.69, 9.17) is 4.98 Å².